The number of thiophene rings is 1. The van der Waals surface area contributed by atoms with Crippen molar-refractivity contribution in [3.05, 3.63) is 83.4 Å². The summed E-state index contributed by atoms with van der Waals surface area (Å²) in [5.41, 5.74) is 6.31. The molecule has 2 amide bonds. The molecule has 7 rings (SSSR count). The number of amides is 2. The third-order valence-corrected chi connectivity index (χ3v) is 10.8. The zero-order chi connectivity index (χ0) is 36.7. The first-order valence-corrected chi connectivity index (χ1v) is 18.2. The molecule has 11 nitrogen and oxygen atoms in total. The average molecular weight is 724 g/mol. The summed E-state index contributed by atoms with van der Waals surface area (Å²) in [5.74, 6) is -0.171. The number of rotatable bonds is 10. The molecule has 5 aromatic rings. The second kappa shape index (κ2) is 14.6. The Morgan fingerprint density at radius 3 is 2.73 bits per heavy atom. The highest BCUT2D eigenvalue weighted by Crippen LogP contribution is 2.47. The Balaban J connectivity index is 1.42. The Labute approximate surface area is 306 Å². The van der Waals surface area contributed by atoms with Gasteiger partial charge in [0.2, 0.25) is 11.8 Å². The number of likely N-dealkylation sites (N-methyl/N-ethyl adjacent to an activating group) is 1. The SMILES string of the molecule is C=CC(=O)N1C[C@H](C)n2nc(-c3nc(-c4cnc5c(c4)CN(CC(=O)N(C)C)CC5)c4ccsc4c3-c3c(F)cccc3OCCOC)cc2[C@H]1C. The molecule has 1 aromatic carbocycles. The number of carbonyl (C=O) groups is 2. The predicted molar refractivity (Wildman–Crippen MR) is 200 cm³/mol. The zero-order valence-electron chi connectivity index (χ0n) is 30.1. The first-order chi connectivity index (χ1) is 25.1. The quantitative estimate of drug-likeness (QED) is 0.125. The van der Waals surface area contributed by atoms with Gasteiger partial charge in [-0.15, -0.1) is 11.3 Å². The second-order valence-electron chi connectivity index (χ2n) is 13.5. The molecule has 0 N–H and O–H groups in total. The van der Waals surface area contributed by atoms with Gasteiger partial charge in [-0.3, -0.25) is 24.2 Å². The lowest BCUT2D eigenvalue weighted by Gasteiger charge is -2.36. The lowest BCUT2D eigenvalue weighted by molar-refractivity contribution is -0.130. The molecule has 0 radical (unpaired) electrons. The third-order valence-electron chi connectivity index (χ3n) is 9.87. The van der Waals surface area contributed by atoms with Gasteiger partial charge in [-0.2, -0.15) is 5.10 Å². The van der Waals surface area contributed by atoms with Crippen LogP contribution in [0.25, 0.3) is 43.9 Å². The van der Waals surface area contributed by atoms with E-state index in [9.17, 15) is 9.59 Å². The number of pyridine rings is 2. The van der Waals surface area contributed by atoms with Gasteiger partial charge in [0.1, 0.15) is 29.6 Å². The Morgan fingerprint density at radius 2 is 1.96 bits per heavy atom. The van der Waals surface area contributed by atoms with E-state index in [1.807, 2.05) is 42.2 Å². The molecule has 0 bridgehead atoms. The molecule has 0 saturated heterocycles. The van der Waals surface area contributed by atoms with Crippen LogP contribution >= 0.6 is 11.3 Å². The van der Waals surface area contributed by atoms with E-state index >= 15 is 4.39 Å². The minimum atomic E-state index is -0.448. The second-order valence-corrected chi connectivity index (χ2v) is 14.4. The fourth-order valence-corrected chi connectivity index (χ4v) is 8.06. The van der Waals surface area contributed by atoms with Crippen molar-refractivity contribution in [2.75, 3.05) is 54.1 Å². The minimum absolute atomic E-state index is 0.0523. The number of hydrogen-bond acceptors (Lipinski definition) is 9. The van der Waals surface area contributed by atoms with Gasteiger partial charge >= 0.3 is 0 Å². The van der Waals surface area contributed by atoms with Crippen molar-refractivity contribution in [3.8, 4) is 39.5 Å². The number of ether oxygens (including phenoxy) is 2. The van der Waals surface area contributed by atoms with Crippen LogP contribution < -0.4 is 4.74 Å². The van der Waals surface area contributed by atoms with E-state index in [1.165, 1.54) is 23.5 Å². The third kappa shape index (κ3) is 6.48. The summed E-state index contributed by atoms with van der Waals surface area (Å²) < 4.78 is 30.4. The van der Waals surface area contributed by atoms with Crippen molar-refractivity contribution in [2.24, 2.45) is 0 Å². The van der Waals surface area contributed by atoms with Crippen molar-refractivity contribution < 1.29 is 23.5 Å². The first-order valence-electron chi connectivity index (χ1n) is 17.3. The van der Waals surface area contributed by atoms with E-state index in [0.29, 0.717) is 60.2 Å². The van der Waals surface area contributed by atoms with Crippen LogP contribution in [0.3, 0.4) is 0 Å². The van der Waals surface area contributed by atoms with Crippen LogP contribution in [-0.4, -0.2) is 100 Å². The number of carbonyl (C=O) groups excluding carboxylic acids is 2. The first kappa shape index (κ1) is 35.4. The van der Waals surface area contributed by atoms with Gasteiger partial charge in [-0.25, -0.2) is 9.37 Å². The highest BCUT2D eigenvalue weighted by molar-refractivity contribution is 7.18. The molecule has 52 heavy (non-hydrogen) atoms. The van der Waals surface area contributed by atoms with E-state index in [4.69, 9.17) is 24.5 Å². The smallest absolute Gasteiger partial charge is 0.246 e. The van der Waals surface area contributed by atoms with Gasteiger partial charge in [0.25, 0.3) is 0 Å². The lowest BCUT2D eigenvalue weighted by atomic mass is 9.95. The van der Waals surface area contributed by atoms with Gasteiger partial charge in [-0.1, -0.05) is 12.6 Å². The van der Waals surface area contributed by atoms with Crippen LogP contribution in [0.2, 0.25) is 0 Å². The maximum atomic E-state index is 16.2. The number of methoxy groups -OCH3 is 1. The number of halogens is 1. The van der Waals surface area contributed by atoms with Crippen molar-refractivity contribution in [2.45, 2.75) is 38.9 Å². The van der Waals surface area contributed by atoms with Crippen molar-refractivity contribution in [3.63, 3.8) is 0 Å². The average Bonchev–Trinajstić information content (AvgIpc) is 3.81. The van der Waals surface area contributed by atoms with E-state index in [2.05, 4.69) is 17.5 Å². The highest BCUT2D eigenvalue weighted by atomic mass is 32.1. The van der Waals surface area contributed by atoms with Crippen molar-refractivity contribution >= 4 is 33.2 Å². The van der Waals surface area contributed by atoms with Gasteiger partial charge < -0.3 is 19.3 Å². The molecule has 0 unspecified atom stereocenters. The lowest BCUT2D eigenvalue weighted by Crippen LogP contribution is -2.42. The molecular weight excluding hydrogens is 682 g/mol. The van der Waals surface area contributed by atoms with Crippen LogP contribution in [0.1, 0.15) is 42.9 Å². The van der Waals surface area contributed by atoms with Gasteiger partial charge in [0.15, 0.2) is 0 Å². The van der Waals surface area contributed by atoms with Gasteiger partial charge in [-0.05, 0) is 61.2 Å². The summed E-state index contributed by atoms with van der Waals surface area (Å²) in [7, 11) is 5.13. The molecule has 4 aromatic heterocycles. The number of benzene rings is 1. The molecular formula is C39H42FN7O4S. The fourth-order valence-electron chi connectivity index (χ4n) is 7.11. The van der Waals surface area contributed by atoms with E-state index in [-0.39, 0.29) is 30.5 Å². The topological polar surface area (TPSA) is 106 Å². The Bertz CT molecular complexity index is 2180. The normalized spacial score (nSPS) is 17.2. The number of aromatic nitrogens is 4. The molecule has 0 fully saturated rings. The molecule has 13 heteroatoms. The summed E-state index contributed by atoms with van der Waals surface area (Å²) in [6.07, 6.45) is 3.93. The fraction of sp³-hybridized carbons (Fsp3) is 0.359. The van der Waals surface area contributed by atoms with Crippen molar-refractivity contribution in [1.82, 2.24) is 34.4 Å². The Kier molecular flexibility index (Phi) is 9.92. The number of fused-ring (bicyclic) bond motifs is 3. The highest BCUT2D eigenvalue weighted by Gasteiger charge is 2.34. The van der Waals surface area contributed by atoms with Gasteiger partial charge in [0, 0.05) is 80.4 Å². The maximum Gasteiger partial charge on any atom is 0.246 e. The van der Waals surface area contributed by atoms with Crippen LogP contribution in [0.15, 0.2) is 60.6 Å². The maximum absolute atomic E-state index is 16.2. The van der Waals surface area contributed by atoms with Crippen LogP contribution in [0.5, 0.6) is 5.75 Å². The monoisotopic (exact) mass is 723 g/mol. The van der Waals surface area contributed by atoms with Crippen LogP contribution in [0.4, 0.5) is 4.39 Å². The Morgan fingerprint density at radius 1 is 1.13 bits per heavy atom. The number of nitrogens with zero attached hydrogens (tertiary/aromatic N) is 7. The Hall–Kier alpha value is -4.98. The summed E-state index contributed by atoms with van der Waals surface area (Å²) in [5, 5.41) is 7.93. The minimum Gasteiger partial charge on any atom is -0.490 e. The molecule has 2 atom stereocenters. The predicted octanol–water partition coefficient (Wildman–Crippen LogP) is 6.15. The summed E-state index contributed by atoms with van der Waals surface area (Å²) in [4.78, 5) is 41.1. The summed E-state index contributed by atoms with van der Waals surface area (Å²) >= 11 is 1.50. The molecule has 0 aliphatic carbocycles. The standard InChI is InChI=1S/C39H42FN7O4S/c1-7-33(48)46-20-23(2)47-31(24(46)3)18-30(43-47)38-36(35-28(40)9-8-10-32(35)51-15-14-50-6)39-27(12-16-52-39)37(42-38)25-17-26-21-45(22-34(49)44(4)5)13-11-29(26)41-19-25/h7-10,12,16-19,23-24H,1,11,13-15,20-22H2,2-6H3/t23-,24+/m0/s1. The number of hydrogen-bond donors (Lipinski definition) is 0. The van der Waals surface area contributed by atoms with Gasteiger partial charge in [0.05, 0.1) is 42.2 Å². The van der Waals surface area contributed by atoms with E-state index < -0.39 is 5.82 Å². The summed E-state index contributed by atoms with van der Waals surface area (Å²) in [6, 6.07) is 10.5. The molecule has 2 aliphatic heterocycles. The van der Waals surface area contributed by atoms with Crippen LogP contribution in [-0.2, 0) is 27.3 Å². The molecule has 270 valence electrons. The van der Waals surface area contributed by atoms with Crippen molar-refractivity contribution in [1.29, 1.82) is 0 Å². The summed E-state index contributed by atoms with van der Waals surface area (Å²) in [6.45, 7) is 10.4. The molecule has 0 spiro atoms. The van der Waals surface area contributed by atoms with E-state index in [1.54, 1.807) is 43.1 Å². The zero-order valence-corrected chi connectivity index (χ0v) is 30.9. The largest absolute Gasteiger partial charge is 0.490 e. The molecule has 0 saturated carbocycles. The molecule has 2 aliphatic rings. The van der Waals surface area contributed by atoms with E-state index in [0.717, 1.165) is 45.6 Å². The molecule has 6 heterocycles. The van der Waals surface area contributed by atoms with Crippen LogP contribution in [0, 0.1) is 5.82 Å².